The van der Waals surface area contributed by atoms with Crippen LogP contribution in [0.4, 0.5) is 0 Å². The van der Waals surface area contributed by atoms with E-state index in [1.165, 1.54) is 0 Å². The van der Waals surface area contributed by atoms with Crippen LogP contribution in [-0.4, -0.2) is 43.0 Å². The van der Waals surface area contributed by atoms with Gasteiger partial charge in [-0.05, 0) is 24.8 Å². The third-order valence-corrected chi connectivity index (χ3v) is 2.95. The van der Waals surface area contributed by atoms with Crippen LogP contribution in [0, 0.1) is 5.41 Å². The van der Waals surface area contributed by atoms with Gasteiger partial charge in [-0.3, -0.25) is 9.69 Å². The molecule has 1 unspecified atom stereocenters. The third kappa shape index (κ3) is 4.49. The second-order valence-corrected chi connectivity index (χ2v) is 5.82. The summed E-state index contributed by atoms with van der Waals surface area (Å²) in [6, 6.07) is -0.111. The van der Waals surface area contributed by atoms with E-state index in [0.29, 0.717) is 0 Å². The lowest BCUT2D eigenvalue weighted by atomic mass is 9.87. The molecule has 94 valence electrons. The molecule has 0 aliphatic carbocycles. The molecule has 1 aliphatic heterocycles. The average Bonchev–Trinajstić information content (AvgIpc) is 2.40. The van der Waals surface area contributed by atoms with Gasteiger partial charge in [0.05, 0.1) is 6.04 Å². The van der Waals surface area contributed by atoms with E-state index in [-0.39, 0.29) is 17.4 Å². The zero-order chi connectivity index (χ0) is 12.2. The van der Waals surface area contributed by atoms with Gasteiger partial charge in [-0.25, -0.2) is 0 Å². The summed E-state index contributed by atoms with van der Waals surface area (Å²) in [5.74, 6) is -0.183. The number of hydrogen-bond donors (Lipinski definition) is 2. The summed E-state index contributed by atoms with van der Waals surface area (Å²) in [7, 11) is 0. The Hall–Kier alpha value is -0.610. The first-order chi connectivity index (χ1) is 7.40. The second-order valence-electron chi connectivity index (χ2n) is 5.82. The molecule has 1 saturated heterocycles. The summed E-state index contributed by atoms with van der Waals surface area (Å²) >= 11 is 0. The second kappa shape index (κ2) is 5.64. The molecule has 1 amide bonds. The van der Waals surface area contributed by atoms with Crippen molar-refractivity contribution in [3.8, 4) is 0 Å². The maximum Gasteiger partial charge on any atom is 0.234 e. The molecule has 0 bridgehead atoms. The van der Waals surface area contributed by atoms with Gasteiger partial charge in [0.25, 0.3) is 0 Å². The molecule has 0 aromatic heterocycles. The fourth-order valence-corrected chi connectivity index (χ4v) is 2.17. The van der Waals surface area contributed by atoms with Crippen molar-refractivity contribution in [1.82, 2.24) is 10.2 Å². The Bertz CT molecular complexity index is 227. The van der Waals surface area contributed by atoms with Gasteiger partial charge in [0, 0.05) is 19.6 Å². The van der Waals surface area contributed by atoms with Crippen LogP contribution in [0.25, 0.3) is 0 Å². The van der Waals surface area contributed by atoms with Crippen LogP contribution in [0.5, 0.6) is 0 Å². The Morgan fingerprint density at radius 2 is 2.06 bits per heavy atom. The summed E-state index contributed by atoms with van der Waals surface area (Å²) in [5, 5.41) is 3.34. The molecule has 0 spiro atoms. The van der Waals surface area contributed by atoms with Gasteiger partial charge in [-0.2, -0.15) is 0 Å². The fourth-order valence-electron chi connectivity index (χ4n) is 2.17. The van der Waals surface area contributed by atoms with Crippen molar-refractivity contribution in [3.63, 3.8) is 0 Å². The number of carbonyl (C=O) groups is 1. The molecular formula is C12H25N3O. The van der Waals surface area contributed by atoms with Crippen LogP contribution in [0.1, 0.15) is 33.6 Å². The lowest BCUT2D eigenvalue weighted by Gasteiger charge is -2.32. The van der Waals surface area contributed by atoms with E-state index < -0.39 is 0 Å². The largest absolute Gasteiger partial charge is 0.368 e. The zero-order valence-corrected chi connectivity index (χ0v) is 10.8. The molecule has 0 aromatic carbocycles. The molecule has 4 nitrogen and oxygen atoms in total. The highest BCUT2D eigenvalue weighted by atomic mass is 16.1. The van der Waals surface area contributed by atoms with E-state index in [0.717, 1.165) is 39.0 Å². The van der Waals surface area contributed by atoms with E-state index in [2.05, 4.69) is 31.0 Å². The molecule has 1 atom stereocenters. The molecular weight excluding hydrogens is 202 g/mol. The first-order valence-corrected chi connectivity index (χ1v) is 6.14. The quantitative estimate of drug-likeness (QED) is 0.741. The zero-order valence-electron chi connectivity index (χ0n) is 10.8. The lowest BCUT2D eigenvalue weighted by Crippen LogP contribution is -2.48. The van der Waals surface area contributed by atoms with Crippen LogP contribution in [0.15, 0.2) is 0 Å². The Kier molecular flexibility index (Phi) is 4.74. The van der Waals surface area contributed by atoms with E-state index in [1.54, 1.807) is 0 Å². The first kappa shape index (κ1) is 13.5. The number of nitrogens with zero attached hydrogens (tertiary/aromatic N) is 1. The highest BCUT2D eigenvalue weighted by Gasteiger charge is 2.28. The van der Waals surface area contributed by atoms with Crippen LogP contribution in [0.3, 0.4) is 0 Å². The number of nitrogens with one attached hydrogen (secondary N) is 1. The number of hydrogen-bond acceptors (Lipinski definition) is 3. The van der Waals surface area contributed by atoms with E-state index in [9.17, 15) is 4.79 Å². The summed E-state index contributed by atoms with van der Waals surface area (Å²) in [6.07, 6.45) is 1.93. The molecule has 0 aromatic rings. The SMILES string of the molecule is CC(C)(C)CC(C(N)=O)N1CCCNCC1. The minimum absolute atomic E-state index is 0.111. The lowest BCUT2D eigenvalue weighted by molar-refractivity contribution is -0.124. The Morgan fingerprint density at radius 1 is 1.38 bits per heavy atom. The van der Waals surface area contributed by atoms with Gasteiger partial charge < -0.3 is 11.1 Å². The highest BCUT2D eigenvalue weighted by Crippen LogP contribution is 2.23. The van der Waals surface area contributed by atoms with Gasteiger partial charge in [-0.1, -0.05) is 20.8 Å². The van der Waals surface area contributed by atoms with Crippen LogP contribution < -0.4 is 11.1 Å². The van der Waals surface area contributed by atoms with Crippen molar-refractivity contribution in [3.05, 3.63) is 0 Å². The number of nitrogens with two attached hydrogens (primary N) is 1. The van der Waals surface area contributed by atoms with E-state index in [1.807, 2.05) is 0 Å². The Morgan fingerprint density at radius 3 is 2.62 bits per heavy atom. The Balaban J connectivity index is 2.64. The maximum atomic E-state index is 11.5. The van der Waals surface area contributed by atoms with Crippen LogP contribution in [0.2, 0.25) is 0 Å². The standard InChI is InChI=1S/C12H25N3O/c1-12(2,3)9-10(11(13)16)15-7-4-5-14-6-8-15/h10,14H,4-9H2,1-3H3,(H2,13,16). The van der Waals surface area contributed by atoms with E-state index in [4.69, 9.17) is 5.73 Å². The molecule has 1 rings (SSSR count). The number of carbonyl (C=O) groups excluding carboxylic acids is 1. The fraction of sp³-hybridized carbons (Fsp3) is 0.917. The smallest absolute Gasteiger partial charge is 0.234 e. The molecule has 0 radical (unpaired) electrons. The topological polar surface area (TPSA) is 58.4 Å². The van der Waals surface area contributed by atoms with Crippen molar-refractivity contribution < 1.29 is 4.79 Å². The van der Waals surface area contributed by atoms with Crippen molar-refractivity contribution in [2.75, 3.05) is 26.2 Å². The average molecular weight is 227 g/mol. The Labute approximate surface area is 98.6 Å². The van der Waals surface area contributed by atoms with Gasteiger partial charge in [0.2, 0.25) is 5.91 Å². The molecule has 1 fully saturated rings. The monoisotopic (exact) mass is 227 g/mol. The van der Waals surface area contributed by atoms with Gasteiger partial charge in [0.15, 0.2) is 0 Å². The van der Waals surface area contributed by atoms with E-state index >= 15 is 0 Å². The minimum Gasteiger partial charge on any atom is -0.368 e. The van der Waals surface area contributed by atoms with Crippen LogP contribution in [-0.2, 0) is 4.79 Å². The number of rotatable bonds is 3. The van der Waals surface area contributed by atoms with Crippen molar-refractivity contribution >= 4 is 5.91 Å². The highest BCUT2D eigenvalue weighted by molar-refractivity contribution is 5.79. The molecule has 1 heterocycles. The van der Waals surface area contributed by atoms with Gasteiger partial charge in [0.1, 0.15) is 0 Å². The maximum absolute atomic E-state index is 11.5. The third-order valence-electron chi connectivity index (χ3n) is 2.95. The van der Waals surface area contributed by atoms with Crippen molar-refractivity contribution in [2.24, 2.45) is 11.1 Å². The molecule has 16 heavy (non-hydrogen) atoms. The number of primary amides is 1. The normalized spacial score (nSPS) is 21.4. The molecule has 3 N–H and O–H groups in total. The van der Waals surface area contributed by atoms with Gasteiger partial charge in [-0.15, -0.1) is 0 Å². The van der Waals surface area contributed by atoms with Crippen molar-refractivity contribution in [2.45, 2.75) is 39.7 Å². The molecule has 0 saturated carbocycles. The first-order valence-electron chi connectivity index (χ1n) is 6.14. The van der Waals surface area contributed by atoms with Crippen molar-refractivity contribution in [1.29, 1.82) is 0 Å². The predicted octanol–water partition coefficient (Wildman–Crippen LogP) is 0.572. The molecule has 1 aliphatic rings. The summed E-state index contributed by atoms with van der Waals surface area (Å²) < 4.78 is 0. The summed E-state index contributed by atoms with van der Waals surface area (Å²) in [6.45, 7) is 10.3. The summed E-state index contributed by atoms with van der Waals surface area (Å²) in [5.41, 5.74) is 5.66. The molecule has 4 heteroatoms. The predicted molar refractivity (Wildman–Crippen MR) is 66.1 cm³/mol. The summed E-state index contributed by atoms with van der Waals surface area (Å²) in [4.78, 5) is 13.8. The number of amides is 1. The van der Waals surface area contributed by atoms with Gasteiger partial charge >= 0.3 is 0 Å². The minimum atomic E-state index is -0.183. The van der Waals surface area contributed by atoms with Crippen LogP contribution >= 0.6 is 0 Å².